The molecule has 96 valence electrons. The minimum atomic E-state index is -0.431. The van der Waals surface area contributed by atoms with Crippen molar-refractivity contribution in [3.63, 3.8) is 0 Å². The van der Waals surface area contributed by atoms with E-state index in [1.165, 1.54) is 6.92 Å². The fraction of sp³-hybridized carbons (Fsp3) is 0.385. The number of nitrogens with zero attached hydrogens (tertiary/aromatic N) is 1. The van der Waals surface area contributed by atoms with Crippen molar-refractivity contribution in [1.29, 1.82) is 0 Å². The third kappa shape index (κ3) is 2.87. The Balaban J connectivity index is 2.03. The number of carbonyl (C=O) groups excluding carboxylic acids is 2. The second-order valence-corrected chi connectivity index (χ2v) is 4.46. The lowest BCUT2D eigenvalue weighted by atomic mass is 10.1. The SMILES string of the molecule is CC(=O)c1cccc(NC(=O)N2CC[C@@H](O)C2)c1. The molecule has 0 radical (unpaired) electrons. The van der Waals surface area contributed by atoms with Crippen molar-refractivity contribution in [3.8, 4) is 0 Å². The second-order valence-electron chi connectivity index (χ2n) is 4.46. The lowest BCUT2D eigenvalue weighted by Gasteiger charge is -2.16. The van der Waals surface area contributed by atoms with Crippen LogP contribution in [0.5, 0.6) is 0 Å². The van der Waals surface area contributed by atoms with Gasteiger partial charge in [-0.2, -0.15) is 0 Å². The van der Waals surface area contributed by atoms with E-state index in [-0.39, 0.29) is 11.8 Å². The van der Waals surface area contributed by atoms with Crippen LogP contribution in [-0.2, 0) is 0 Å². The van der Waals surface area contributed by atoms with E-state index in [0.29, 0.717) is 30.8 Å². The molecular weight excluding hydrogens is 232 g/mol. The van der Waals surface area contributed by atoms with Gasteiger partial charge in [-0.05, 0) is 25.5 Å². The third-order valence-electron chi connectivity index (χ3n) is 2.97. The maximum absolute atomic E-state index is 11.9. The Kier molecular flexibility index (Phi) is 3.62. The normalized spacial score (nSPS) is 18.8. The first-order valence-electron chi connectivity index (χ1n) is 5.91. The number of likely N-dealkylation sites (tertiary alicyclic amines) is 1. The van der Waals surface area contributed by atoms with Crippen LogP contribution in [-0.4, -0.2) is 41.0 Å². The molecule has 1 aromatic rings. The Labute approximate surface area is 105 Å². The monoisotopic (exact) mass is 248 g/mol. The average molecular weight is 248 g/mol. The highest BCUT2D eigenvalue weighted by Crippen LogP contribution is 2.14. The summed E-state index contributed by atoms with van der Waals surface area (Å²) in [5.41, 5.74) is 1.16. The maximum Gasteiger partial charge on any atom is 0.321 e. The summed E-state index contributed by atoms with van der Waals surface area (Å²) in [5, 5.41) is 12.1. The smallest absolute Gasteiger partial charge is 0.321 e. The minimum absolute atomic E-state index is 0.0392. The van der Waals surface area contributed by atoms with Gasteiger partial charge in [0.25, 0.3) is 0 Å². The summed E-state index contributed by atoms with van der Waals surface area (Å²) in [4.78, 5) is 24.6. The summed E-state index contributed by atoms with van der Waals surface area (Å²) in [6.07, 6.45) is 0.181. The molecule has 0 bridgehead atoms. The summed E-state index contributed by atoms with van der Waals surface area (Å²) >= 11 is 0. The predicted molar refractivity (Wildman–Crippen MR) is 67.7 cm³/mol. The molecule has 1 saturated heterocycles. The number of Topliss-reactive ketones (excluding diaryl/α,β-unsaturated/α-hetero) is 1. The first kappa shape index (κ1) is 12.6. The number of β-amino-alcohol motifs (C(OH)–C–C–N with tert-alkyl or cyclic N) is 1. The summed E-state index contributed by atoms with van der Waals surface area (Å²) < 4.78 is 0. The van der Waals surface area contributed by atoms with Crippen molar-refractivity contribution in [2.24, 2.45) is 0 Å². The molecular formula is C13H16N2O3. The number of anilines is 1. The molecule has 0 saturated carbocycles. The summed E-state index contributed by atoms with van der Waals surface area (Å²) in [5.74, 6) is -0.0392. The van der Waals surface area contributed by atoms with Crippen LogP contribution in [0.25, 0.3) is 0 Å². The van der Waals surface area contributed by atoms with Crippen molar-refractivity contribution in [2.75, 3.05) is 18.4 Å². The minimum Gasteiger partial charge on any atom is -0.391 e. The Morgan fingerprint density at radius 2 is 2.22 bits per heavy atom. The van der Waals surface area contributed by atoms with Crippen LogP contribution in [0, 0.1) is 0 Å². The van der Waals surface area contributed by atoms with E-state index < -0.39 is 6.10 Å². The van der Waals surface area contributed by atoms with Crippen molar-refractivity contribution in [1.82, 2.24) is 4.90 Å². The van der Waals surface area contributed by atoms with Crippen LogP contribution in [0.15, 0.2) is 24.3 Å². The van der Waals surface area contributed by atoms with E-state index in [4.69, 9.17) is 0 Å². The van der Waals surface area contributed by atoms with Crippen LogP contribution >= 0.6 is 0 Å². The van der Waals surface area contributed by atoms with Gasteiger partial charge in [0.05, 0.1) is 6.10 Å². The lowest BCUT2D eigenvalue weighted by Crippen LogP contribution is -2.33. The van der Waals surface area contributed by atoms with Crippen LogP contribution in [0.3, 0.4) is 0 Å². The summed E-state index contributed by atoms with van der Waals surface area (Å²) in [6, 6.07) is 6.57. The van der Waals surface area contributed by atoms with E-state index in [0.717, 1.165) is 0 Å². The molecule has 1 aliphatic heterocycles. The second kappa shape index (κ2) is 5.18. The highest BCUT2D eigenvalue weighted by atomic mass is 16.3. The molecule has 0 aliphatic carbocycles. The average Bonchev–Trinajstić information content (AvgIpc) is 2.76. The van der Waals surface area contributed by atoms with Crippen LogP contribution in [0.1, 0.15) is 23.7 Å². The van der Waals surface area contributed by atoms with Gasteiger partial charge in [-0.1, -0.05) is 12.1 Å². The molecule has 2 amide bonds. The van der Waals surface area contributed by atoms with E-state index in [1.54, 1.807) is 29.2 Å². The molecule has 1 aromatic carbocycles. The van der Waals surface area contributed by atoms with Crippen LogP contribution in [0.2, 0.25) is 0 Å². The van der Waals surface area contributed by atoms with Gasteiger partial charge in [0, 0.05) is 24.3 Å². The predicted octanol–water partition coefficient (Wildman–Crippen LogP) is 1.49. The molecule has 0 spiro atoms. The molecule has 0 unspecified atom stereocenters. The van der Waals surface area contributed by atoms with E-state index in [2.05, 4.69) is 5.32 Å². The quantitative estimate of drug-likeness (QED) is 0.779. The highest BCUT2D eigenvalue weighted by molar-refractivity contribution is 5.96. The van der Waals surface area contributed by atoms with Gasteiger partial charge in [0.15, 0.2) is 5.78 Å². The summed E-state index contributed by atoms with van der Waals surface area (Å²) in [7, 11) is 0. The van der Waals surface area contributed by atoms with Crippen LogP contribution in [0.4, 0.5) is 10.5 Å². The van der Waals surface area contributed by atoms with Crippen molar-refractivity contribution >= 4 is 17.5 Å². The first-order chi connectivity index (χ1) is 8.56. The number of carbonyl (C=O) groups is 2. The molecule has 5 heteroatoms. The number of urea groups is 1. The number of aliphatic hydroxyl groups is 1. The molecule has 2 rings (SSSR count). The van der Waals surface area contributed by atoms with E-state index >= 15 is 0 Å². The zero-order valence-electron chi connectivity index (χ0n) is 10.2. The van der Waals surface area contributed by atoms with Crippen molar-refractivity contribution in [3.05, 3.63) is 29.8 Å². The van der Waals surface area contributed by atoms with Crippen molar-refractivity contribution in [2.45, 2.75) is 19.4 Å². The van der Waals surface area contributed by atoms with Gasteiger partial charge in [-0.15, -0.1) is 0 Å². The Hall–Kier alpha value is -1.88. The van der Waals surface area contributed by atoms with Gasteiger partial charge < -0.3 is 15.3 Å². The van der Waals surface area contributed by atoms with Gasteiger partial charge in [0.1, 0.15) is 0 Å². The standard InChI is InChI=1S/C13H16N2O3/c1-9(16)10-3-2-4-11(7-10)14-13(18)15-6-5-12(17)8-15/h2-4,7,12,17H,5-6,8H2,1H3,(H,14,18)/t12-/m1/s1. The third-order valence-corrected chi connectivity index (χ3v) is 2.97. The van der Waals surface area contributed by atoms with Gasteiger partial charge in [-0.25, -0.2) is 4.79 Å². The number of ketones is 1. The maximum atomic E-state index is 11.9. The van der Waals surface area contributed by atoms with Crippen LogP contribution < -0.4 is 5.32 Å². The molecule has 5 nitrogen and oxygen atoms in total. The zero-order chi connectivity index (χ0) is 13.1. The first-order valence-corrected chi connectivity index (χ1v) is 5.91. The number of hydrogen-bond donors (Lipinski definition) is 2. The fourth-order valence-electron chi connectivity index (χ4n) is 1.94. The molecule has 1 atom stereocenters. The fourth-order valence-corrected chi connectivity index (χ4v) is 1.94. The molecule has 1 fully saturated rings. The zero-order valence-corrected chi connectivity index (χ0v) is 10.2. The number of rotatable bonds is 2. The summed E-state index contributed by atoms with van der Waals surface area (Å²) in [6.45, 7) is 2.40. The number of aliphatic hydroxyl groups excluding tert-OH is 1. The van der Waals surface area contributed by atoms with E-state index in [9.17, 15) is 14.7 Å². The number of amides is 2. The van der Waals surface area contributed by atoms with Crippen molar-refractivity contribution < 1.29 is 14.7 Å². The van der Waals surface area contributed by atoms with Gasteiger partial charge in [-0.3, -0.25) is 4.79 Å². The molecule has 0 aromatic heterocycles. The van der Waals surface area contributed by atoms with E-state index in [1.807, 2.05) is 0 Å². The number of nitrogens with one attached hydrogen (secondary N) is 1. The topological polar surface area (TPSA) is 69.6 Å². The Bertz CT molecular complexity index is 473. The largest absolute Gasteiger partial charge is 0.391 e. The Morgan fingerprint density at radius 1 is 1.44 bits per heavy atom. The molecule has 1 aliphatic rings. The Morgan fingerprint density at radius 3 is 2.83 bits per heavy atom. The molecule has 18 heavy (non-hydrogen) atoms. The molecule has 2 N–H and O–H groups in total. The molecule has 1 heterocycles. The lowest BCUT2D eigenvalue weighted by molar-refractivity contribution is 0.101. The number of hydrogen-bond acceptors (Lipinski definition) is 3. The highest BCUT2D eigenvalue weighted by Gasteiger charge is 2.24. The number of benzene rings is 1. The van der Waals surface area contributed by atoms with Gasteiger partial charge in [0.2, 0.25) is 0 Å². The van der Waals surface area contributed by atoms with Gasteiger partial charge >= 0.3 is 6.03 Å².